The van der Waals surface area contributed by atoms with Crippen molar-refractivity contribution in [2.45, 2.75) is 77.6 Å². The largest absolute Gasteiger partial charge is 0.378 e. The number of nitrogens with zero attached hydrogens (tertiary/aromatic N) is 4. The average molecular weight is 425 g/mol. The number of benzene rings is 1. The standard InChI is InChI=1S/C24H36N6O/c1-4-31-21-15-20(24(21)13-9-6-10-14-24)27-23(25-16-19-11-7-5-8-12-19)26-17-22-29-28-18(2)30(22)3/h5,7-8,11-12,20-21H,4,6,9-10,13-17H2,1-3H3,(H2,25,26,27). The molecule has 7 nitrogen and oxygen atoms in total. The summed E-state index contributed by atoms with van der Waals surface area (Å²) in [5.74, 6) is 2.65. The first-order chi connectivity index (χ1) is 15.1. The predicted molar refractivity (Wildman–Crippen MR) is 123 cm³/mol. The van der Waals surface area contributed by atoms with Crippen LogP contribution in [0.2, 0.25) is 0 Å². The molecule has 2 N–H and O–H groups in total. The molecule has 1 aromatic carbocycles. The Bertz CT molecular complexity index is 871. The fraction of sp³-hybridized carbons (Fsp3) is 0.625. The summed E-state index contributed by atoms with van der Waals surface area (Å²) < 4.78 is 8.15. The smallest absolute Gasteiger partial charge is 0.192 e. The van der Waals surface area contributed by atoms with Gasteiger partial charge in [0.1, 0.15) is 5.82 Å². The number of aromatic nitrogens is 3. The van der Waals surface area contributed by atoms with Crippen molar-refractivity contribution < 1.29 is 4.74 Å². The Hall–Kier alpha value is -2.41. The number of hydrogen-bond acceptors (Lipinski definition) is 4. The van der Waals surface area contributed by atoms with Gasteiger partial charge in [0.25, 0.3) is 0 Å². The number of ether oxygens (including phenoxy) is 1. The van der Waals surface area contributed by atoms with Crippen LogP contribution in [0, 0.1) is 12.3 Å². The minimum Gasteiger partial charge on any atom is -0.378 e. The van der Waals surface area contributed by atoms with Crippen LogP contribution in [0.4, 0.5) is 0 Å². The molecule has 4 rings (SSSR count). The average Bonchev–Trinajstić information content (AvgIpc) is 3.13. The van der Waals surface area contributed by atoms with Gasteiger partial charge in [-0.2, -0.15) is 0 Å². The third-order valence-electron chi connectivity index (χ3n) is 7.11. The molecule has 2 aromatic rings. The zero-order chi connectivity index (χ0) is 21.7. The number of rotatable bonds is 7. The third-order valence-corrected chi connectivity index (χ3v) is 7.11. The van der Waals surface area contributed by atoms with Gasteiger partial charge in [0.05, 0.1) is 19.2 Å². The lowest BCUT2D eigenvalue weighted by Gasteiger charge is -2.58. The summed E-state index contributed by atoms with van der Waals surface area (Å²) in [5, 5.41) is 15.7. The number of hydrogen-bond donors (Lipinski definition) is 2. The van der Waals surface area contributed by atoms with Crippen molar-refractivity contribution in [2.75, 3.05) is 6.61 Å². The quantitative estimate of drug-likeness (QED) is 0.526. The van der Waals surface area contributed by atoms with Crippen LogP contribution in [-0.2, 0) is 24.9 Å². The topological polar surface area (TPSA) is 76.4 Å². The molecular formula is C24H36N6O. The van der Waals surface area contributed by atoms with Crippen molar-refractivity contribution in [3.63, 3.8) is 0 Å². The monoisotopic (exact) mass is 424 g/mol. The van der Waals surface area contributed by atoms with Crippen LogP contribution < -0.4 is 10.6 Å². The maximum Gasteiger partial charge on any atom is 0.192 e. The summed E-state index contributed by atoms with van der Waals surface area (Å²) in [6.07, 6.45) is 7.82. The maximum atomic E-state index is 6.14. The Morgan fingerprint density at radius 3 is 2.65 bits per heavy atom. The first kappa shape index (κ1) is 21.8. The van der Waals surface area contributed by atoms with E-state index in [1.165, 1.54) is 37.7 Å². The molecule has 1 spiro atoms. The minimum atomic E-state index is 0.241. The lowest BCUT2D eigenvalue weighted by molar-refractivity contribution is -0.145. The molecular weight excluding hydrogens is 388 g/mol. The van der Waals surface area contributed by atoms with Crippen LogP contribution in [0.25, 0.3) is 0 Å². The van der Waals surface area contributed by atoms with Gasteiger partial charge in [0.15, 0.2) is 11.8 Å². The molecule has 1 heterocycles. The van der Waals surface area contributed by atoms with Crippen LogP contribution in [0.3, 0.4) is 0 Å². The second-order valence-corrected chi connectivity index (χ2v) is 8.90. The number of aryl methyl sites for hydroxylation is 1. The molecule has 0 radical (unpaired) electrons. The van der Waals surface area contributed by atoms with Gasteiger partial charge in [-0.05, 0) is 38.7 Å². The highest BCUT2D eigenvalue weighted by Crippen LogP contribution is 2.53. The van der Waals surface area contributed by atoms with E-state index in [0.717, 1.165) is 30.6 Å². The Morgan fingerprint density at radius 1 is 1.19 bits per heavy atom. The zero-order valence-electron chi connectivity index (χ0n) is 19.1. The molecule has 2 aliphatic rings. The molecule has 31 heavy (non-hydrogen) atoms. The van der Waals surface area contributed by atoms with E-state index in [2.05, 4.69) is 52.0 Å². The minimum absolute atomic E-state index is 0.241. The van der Waals surface area contributed by atoms with E-state index in [1.54, 1.807) is 0 Å². The second kappa shape index (κ2) is 9.81. The Kier molecular flexibility index (Phi) is 6.90. The van der Waals surface area contributed by atoms with Crippen molar-refractivity contribution in [1.29, 1.82) is 0 Å². The van der Waals surface area contributed by atoms with Gasteiger partial charge in [-0.15, -0.1) is 10.2 Å². The molecule has 0 saturated heterocycles. The van der Waals surface area contributed by atoms with Gasteiger partial charge in [-0.3, -0.25) is 0 Å². The predicted octanol–water partition coefficient (Wildman–Crippen LogP) is 3.49. The molecule has 2 atom stereocenters. The number of guanidine groups is 1. The third kappa shape index (κ3) is 4.76. The summed E-state index contributed by atoms with van der Waals surface area (Å²) in [6, 6.07) is 10.8. The molecule has 0 aliphatic heterocycles. The fourth-order valence-corrected chi connectivity index (χ4v) is 5.10. The Labute approximate surface area is 185 Å². The highest BCUT2D eigenvalue weighted by Gasteiger charge is 2.55. The summed E-state index contributed by atoms with van der Waals surface area (Å²) in [5.41, 5.74) is 1.44. The molecule has 2 fully saturated rings. The molecule has 2 unspecified atom stereocenters. The normalized spacial score (nSPS) is 22.9. The van der Waals surface area contributed by atoms with Gasteiger partial charge in [-0.25, -0.2) is 4.99 Å². The molecule has 0 amide bonds. The van der Waals surface area contributed by atoms with E-state index >= 15 is 0 Å². The molecule has 0 bridgehead atoms. The van der Waals surface area contributed by atoms with Crippen LogP contribution >= 0.6 is 0 Å². The highest BCUT2D eigenvalue weighted by molar-refractivity contribution is 5.80. The Morgan fingerprint density at radius 2 is 1.97 bits per heavy atom. The van der Waals surface area contributed by atoms with Gasteiger partial charge in [-0.1, -0.05) is 49.6 Å². The van der Waals surface area contributed by atoms with E-state index < -0.39 is 0 Å². The van der Waals surface area contributed by atoms with Crippen molar-refractivity contribution >= 4 is 5.96 Å². The highest BCUT2D eigenvalue weighted by atomic mass is 16.5. The maximum absolute atomic E-state index is 6.14. The van der Waals surface area contributed by atoms with E-state index in [4.69, 9.17) is 9.73 Å². The van der Waals surface area contributed by atoms with Crippen LogP contribution in [0.15, 0.2) is 35.3 Å². The van der Waals surface area contributed by atoms with Gasteiger partial charge in [0.2, 0.25) is 0 Å². The molecule has 1 aromatic heterocycles. The van der Waals surface area contributed by atoms with E-state index in [1.807, 2.05) is 24.6 Å². The van der Waals surface area contributed by atoms with Gasteiger partial charge in [0, 0.05) is 25.1 Å². The SMILES string of the molecule is CCOC1CC(NC(=NCc2ccccc2)NCc2nnc(C)n2C)C12CCCCC2. The molecule has 168 valence electrons. The van der Waals surface area contributed by atoms with Gasteiger partial charge >= 0.3 is 0 Å². The first-order valence-electron chi connectivity index (χ1n) is 11.7. The number of aliphatic imine (C=N–C) groups is 1. The van der Waals surface area contributed by atoms with Crippen LogP contribution in [0.5, 0.6) is 0 Å². The molecule has 2 saturated carbocycles. The van der Waals surface area contributed by atoms with Crippen molar-refractivity contribution in [3.05, 3.63) is 47.5 Å². The summed E-state index contributed by atoms with van der Waals surface area (Å²) >= 11 is 0. The van der Waals surface area contributed by atoms with Crippen molar-refractivity contribution in [2.24, 2.45) is 17.5 Å². The van der Waals surface area contributed by atoms with Crippen molar-refractivity contribution in [1.82, 2.24) is 25.4 Å². The van der Waals surface area contributed by atoms with Crippen LogP contribution in [0.1, 0.15) is 62.7 Å². The first-order valence-corrected chi connectivity index (χ1v) is 11.7. The van der Waals surface area contributed by atoms with E-state index in [-0.39, 0.29) is 5.41 Å². The Balaban J connectivity index is 1.48. The fourth-order valence-electron chi connectivity index (χ4n) is 5.10. The second-order valence-electron chi connectivity index (χ2n) is 8.90. The lowest BCUT2D eigenvalue weighted by atomic mass is 9.55. The van der Waals surface area contributed by atoms with E-state index in [0.29, 0.717) is 25.2 Å². The lowest BCUT2D eigenvalue weighted by Crippen LogP contribution is -2.66. The van der Waals surface area contributed by atoms with Crippen LogP contribution in [-0.4, -0.2) is 39.5 Å². The summed E-state index contributed by atoms with van der Waals surface area (Å²) in [7, 11) is 2.00. The van der Waals surface area contributed by atoms with Gasteiger partial charge < -0.3 is 19.9 Å². The summed E-state index contributed by atoms with van der Waals surface area (Å²) in [4.78, 5) is 4.91. The zero-order valence-corrected chi connectivity index (χ0v) is 19.1. The molecule has 7 heteroatoms. The molecule has 2 aliphatic carbocycles. The number of nitrogens with one attached hydrogen (secondary N) is 2. The van der Waals surface area contributed by atoms with Crippen molar-refractivity contribution in [3.8, 4) is 0 Å². The van der Waals surface area contributed by atoms with E-state index in [9.17, 15) is 0 Å². The summed E-state index contributed by atoms with van der Waals surface area (Å²) in [6.45, 7) is 6.09.